The van der Waals surface area contributed by atoms with Gasteiger partial charge in [-0.1, -0.05) is 13.3 Å². The van der Waals surface area contributed by atoms with E-state index in [0.717, 1.165) is 12.8 Å². The lowest BCUT2D eigenvalue weighted by Crippen LogP contribution is -2.49. The normalized spacial score (nSPS) is 20.6. The van der Waals surface area contributed by atoms with Crippen LogP contribution in [0.5, 0.6) is 0 Å². The van der Waals surface area contributed by atoms with Gasteiger partial charge in [0.1, 0.15) is 0 Å². The molecule has 3 N–H and O–H groups in total. The Kier molecular flexibility index (Phi) is 6.23. The Morgan fingerprint density at radius 3 is 2.55 bits per heavy atom. The number of unbranched alkanes of at least 4 members (excludes halogenated alkanes) is 1. The zero-order chi connectivity index (χ0) is 21.2. The van der Waals surface area contributed by atoms with Crippen LogP contribution in [0.4, 0.5) is 0 Å². The van der Waals surface area contributed by atoms with Crippen molar-refractivity contribution in [1.29, 1.82) is 0 Å². The molecule has 158 valence electrons. The first-order valence-corrected chi connectivity index (χ1v) is 11.2. The van der Waals surface area contributed by atoms with Crippen molar-refractivity contribution in [2.24, 2.45) is 5.92 Å². The third kappa shape index (κ3) is 4.43. The molecule has 2 aromatic rings. The topological polar surface area (TPSA) is 132 Å². The van der Waals surface area contributed by atoms with Crippen molar-refractivity contribution in [2.45, 2.75) is 50.5 Å². The Balaban J connectivity index is 1.87. The van der Waals surface area contributed by atoms with Gasteiger partial charge in [0.05, 0.1) is 21.8 Å². The first-order valence-electron chi connectivity index (χ1n) is 9.80. The molecular formula is C19H26N4O5S. The fourth-order valence-corrected chi connectivity index (χ4v) is 5.28. The molecule has 1 aromatic carbocycles. The van der Waals surface area contributed by atoms with E-state index < -0.39 is 27.1 Å². The summed E-state index contributed by atoms with van der Waals surface area (Å²) in [5, 5.41) is 2.88. The van der Waals surface area contributed by atoms with Crippen LogP contribution in [0.2, 0.25) is 0 Å². The van der Waals surface area contributed by atoms with Crippen LogP contribution >= 0.6 is 0 Å². The number of piperidine rings is 1. The van der Waals surface area contributed by atoms with Crippen molar-refractivity contribution in [2.75, 3.05) is 13.1 Å². The summed E-state index contributed by atoms with van der Waals surface area (Å²) in [6.45, 7) is 4.56. The van der Waals surface area contributed by atoms with Crippen LogP contribution < -0.4 is 16.4 Å². The maximum absolute atomic E-state index is 13.3. The molecule has 1 amide bonds. The second-order valence-electron chi connectivity index (χ2n) is 7.46. The first-order chi connectivity index (χ1) is 13.7. The molecule has 0 spiro atoms. The molecule has 2 unspecified atom stereocenters. The van der Waals surface area contributed by atoms with Crippen LogP contribution in [-0.2, 0) is 14.8 Å². The van der Waals surface area contributed by atoms with Gasteiger partial charge in [-0.25, -0.2) is 8.42 Å². The highest BCUT2D eigenvalue weighted by molar-refractivity contribution is 7.89. The van der Waals surface area contributed by atoms with E-state index in [2.05, 4.69) is 15.3 Å². The van der Waals surface area contributed by atoms with Crippen molar-refractivity contribution in [3.05, 3.63) is 38.9 Å². The number of nitrogens with zero attached hydrogens (tertiary/aromatic N) is 1. The lowest BCUT2D eigenvalue weighted by Gasteiger charge is -2.36. The van der Waals surface area contributed by atoms with Crippen molar-refractivity contribution in [3.8, 4) is 0 Å². The van der Waals surface area contributed by atoms with Gasteiger partial charge >= 0.3 is 11.1 Å². The van der Waals surface area contributed by atoms with Gasteiger partial charge in [-0.15, -0.1) is 0 Å². The third-order valence-corrected chi connectivity index (χ3v) is 7.30. The minimum atomic E-state index is -3.88. The van der Waals surface area contributed by atoms with E-state index in [0.29, 0.717) is 24.9 Å². The maximum Gasteiger partial charge on any atom is 0.314 e. The molecular weight excluding hydrogens is 396 g/mol. The number of aromatic nitrogens is 2. The van der Waals surface area contributed by atoms with Crippen LogP contribution in [0, 0.1) is 5.92 Å². The minimum absolute atomic E-state index is 0.00610. The quantitative estimate of drug-likeness (QED) is 0.470. The number of amides is 1. The molecule has 0 aliphatic carbocycles. The monoisotopic (exact) mass is 422 g/mol. The number of hydrogen-bond donors (Lipinski definition) is 3. The second-order valence-corrected chi connectivity index (χ2v) is 9.35. The number of H-pyrrole nitrogens is 2. The number of sulfonamides is 1. The van der Waals surface area contributed by atoms with Gasteiger partial charge in [-0.3, -0.25) is 14.4 Å². The Morgan fingerprint density at radius 2 is 1.86 bits per heavy atom. The summed E-state index contributed by atoms with van der Waals surface area (Å²) < 4.78 is 27.9. The van der Waals surface area contributed by atoms with Crippen molar-refractivity contribution in [1.82, 2.24) is 19.6 Å². The number of aromatic amines is 2. The summed E-state index contributed by atoms with van der Waals surface area (Å²) >= 11 is 0. The summed E-state index contributed by atoms with van der Waals surface area (Å²) in [4.78, 5) is 40.2. The number of hydrogen-bond acceptors (Lipinski definition) is 5. The lowest BCUT2D eigenvalue weighted by molar-refractivity contribution is -0.126. The van der Waals surface area contributed by atoms with E-state index >= 15 is 0 Å². The minimum Gasteiger partial charge on any atom is -0.356 e. The van der Waals surface area contributed by atoms with Gasteiger partial charge in [-0.2, -0.15) is 4.31 Å². The molecule has 10 heteroatoms. The molecule has 1 fully saturated rings. The first kappa shape index (κ1) is 21.3. The van der Waals surface area contributed by atoms with E-state index in [1.54, 1.807) is 0 Å². The summed E-state index contributed by atoms with van der Waals surface area (Å²) in [6.07, 6.45) is 3.08. The molecule has 2 heterocycles. The Bertz CT molecular complexity index is 1120. The highest BCUT2D eigenvalue weighted by Crippen LogP contribution is 2.29. The molecule has 9 nitrogen and oxygen atoms in total. The average molecular weight is 423 g/mol. The highest BCUT2D eigenvalue weighted by atomic mass is 32.2. The number of nitrogens with one attached hydrogen (secondary N) is 3. The van der Waals surface area contributed by atoms with Gasteiger partial charge in [0, 0.05) is 19.1 Å². The third-order valence-electron chi connectivity index (χ3n) is 5.33. The zero-order valence-corrected chi connectivity index (χ0v) is 17.3. The molecule has 0 radical (unpaired) electrons. The molecule has 1 saturated heterocycles. The van der Waals surface area contributed by atoms with E-state index in [-0.39, 0.29) is 28.9 Å². The zero-order valence-electron chi connectivity index (χ0n) is 16.5. The summed E-state index contributed by atoms with van der Waals surface area (Å²) in [6, 6.07) is 3.93. The smallest absolute Gasteiger partial charge is 0.314 e. The second kappa shape index (κ2) is 8.50. The molecule has 1 aliphatic heterocycles. The predicted molar refractivity (Wildman–Crippen MR) is 109 cm³/mol. The van der Waals surface area contributed by atoms with E-state index in [4.69, 9.17) is 0 Å². The Labute approximate surface area is 168 Å². The molecule has 0 bridgehead atoms. The number of carbonyl (C=O) groups excluding carboxylic acids is 1. The van der Waals surface area contributed by atoms with E-state index in [9.17, 15) is 22.8 Å². The van der Waals surface area contributed by atoms with Crippen LogP contribution in [0.25, 0.3) is 11.0 Å². The van der Waals surface area contributed by atoms with Crippen molar-refractivity contribution in [3.63, 3.8) is 0 Å². The van der Waals surface area contributed by atoms with Crippen LogP contribution in [0.1, 0.15) is 39.5 Å². The molecule has 3 rings (SSSR count). The summed E-state index contributed by atoms with van der Waals surface area (Å²) in [5.41, 5.74) is -1.07. The van der Waals surface area contributed by atoms with Gasteiger partial charge in [0.2, 0.25) is 15.9 Å². The van der Waals surface area contributed by atoms with Crippen LogP contribution in [0.3, 0.4) is 0 Å². The number of carbonyl (C=O) groups is 1. The lowest BCUT2D eigenvalue weighted by atomic mass is 9.94. The van der Waals surface area contributed by atoms with Crippen molar-refractivity contribution >= 4 is 27.0 Å². The maximum atomic E-state index is 13.3. The largest absolute Gasteiger partial charge is 0.356 e. The molecule has 0 saturated carbocycles. The molecule has 1 aromatic heterocycles. The van der Waals surface area contributed by atoms with Crippen LogP contribution in [-0.4, -0.2) is 47.7 Å². The van der Waals surface area contributed by atoms with Crippen molar-refractivity contribution < 1.29 is 13.2 Å². The highest BCUT2D eigenvalue weighted by Gasteiger charge is 2.37. The summed E-state index contributed by atoms with van der Waals surface area (Å²) in [5.74, 6) is -0.514. The fourth-order valence-electron chi connectivity index (χ4n) is 3.55. The van der Waals surface area contributed by atoms with Crippen LogP contribution in [0.15, 0.2) is 32.7 Å². The van der Waals surface area contributed by atoms with E-state index in [1.807, 2.05) is 13.8 Å². The van der Waals surface area contributed by atoms with Gasteiger partial charge < -0.3 is 15.3 Å². The molecule has 2 atom stereocenters. The SMILES string of the molecule is CCCCNC(=O)C1CCC(C)N(S(=O)(=O)c2ccc3[nH]c(=O)c(=O)[nH]c3c2)C1. The van der Waals surface area contributed by atoms with Gasteiger partial charge in [-0.05, 0) is 44.4 Å². The van der Waals surface area contributed by atoms with E-state index in [1.165, 1.54) is 22.5 Å². The number of fused-ring (bicyclic) bond motifs is 1. The van der Waals surface area contributed by atoms with Gasteiger partial charge in [0.15, 0.2) is 0 Å². The average Bonchev–Trinajstić information content (AvgIpc) is 2.68. The number of benzene rings is 1. The summed E-state index contributed by atoms with van der Waals surface area (Å²) in [7, 11) is -3.88. The Hall–Kier alpha value is -2.46. The molecule has 29 heavy (non-hydrogen) atoms. The number of rotatable bonds is 6. The fraction of sp³-hybridized carbons (Fsp3) is 0.526. The Morgan fingerprint density at radius 1 is 1.17 bits per heavy atom. The standard InChI is InChI=1S/C19H26N4O5S/c1-3-4-9-20-17(24)13-6-5-12(2)23(11-13)29(27,28)14-7-8-15-16(10-14)22-19(26)18(25)21-15/h7-8,10,12-13H,3-6,9,11H2,1-2H3,(H,20,24)(H,21,25)(H,22,26). The molecule has 1 aliphatic rings. The van der Waals surface area contributed by atoms with Gasteiger partial charge in [0.25, 0.3) is 0 Å². The predicted octanol–water partition coefficient (Wildman–Crippen LogP) is 0.922.